The zero-order valence-corrected chi connectivity index (χ0v) is 38.6. The van der Waals surface area contributed by atoms with Crippen LogP contribution >= 0.6 is 63.7 Å². The van der Waals surface area contributed by atoms with Gasteiger partial charge in [0.1, 0.15) is 9.79 Å². The summed E-state index contributed by atoms with van der Waals surface area (Å²) in [6, 6.07) is 5.58. The van der Waals surface area contributed by atoms with Crippen molar-refractivity contribution in [3.8, 4) is 11.5 Å². The molecule has 0 saturated carbocycles. The van der Waals surface area contributed by atoms with Gasteiger partial charge < -0.3 is 19.3 Å². The van der Waals surface area contributed by atoms with Crippen LogP contribution in [-0.4, -0.2) is 115 Å². The van der Waals surface area contributed by atoms with Crippen molar-refractivity contribution in [3.63, 3.8) is 0 Å². The van der Waals surface area contributed by atoms with E-state index in [0.29, 0.717) is 34.9 Å². The molecule has 0 spiro atoms. The summed E-state index contributed by atoms with van der Waals surface area (Å²) in [4.78, 5) is 29.8. The van der Waals surface area contributed by atoms with Gasteiger partial charge in [0.05, 0.1) is 8.95 Å². The second kappa shape index (κ2) is 22.6. The molecule has 0 aliphatic carbocycles. The maximum Gasteiger partial charge on any atom is 0.423 e. The van der Waals surface area contributed by atoms with Crippen molar-refractivity contribution in [2.75, 3.05) is 67.5 Å². The SMILES string of the molecule is CCCCCCN(CCN(C)C)S(=O)(=O)c1cc(Br)cc(Br)c1OC(=O)C(=O)Oc1c(Br)cc(Br)cc1S(=O)(=O)N(CCCCCC)CCN(C)C. The number of halogens is 4. The van der Waals surface area contributed by atoms with Crippen LogP contribution in [0.25, 0.3) is 0 Å². The number of hydrogen-bond acceptors (Lipinski definition) is 10. The lowest BCUT2D eigenvalue weighted by Crippen LogP contribution is -2.38. The fourth-order valence-electron chi connectivity index (χ4n) is 4.96. The third-order valence-corrected chi connectivity index (χ3v) is 13.8. The number of benzene rings is 2. The summed E-state index contributed by atoms with van der Waals surface area (Å²) in [5.41, 5.74) is 0. The average molecular weight is 1030 g/mol. The fraction of sp³-hybridized carbons (Fsp3) is 0.588. The zero-order valence-electron chi connectivity index (χ0n) is 30.6. The number of rotatable bonds is 22. The van der Waals surface area contributed by atoms with Gasteiger partial charge in [-0.25, -0.2) is 26.4 Å². The monoisotopic (exact) mass is 1020 g/mol. The highest BCUT2D eigenvalue weighted by molar-refractivity contribution is 9.11. The summed E-state index contributed by atoms with van der Waals surface area (Å²) in [5, 5.41) is 0. The Balaban J connectivity index is 2.51. The van der Waals surface area contributed by atoms with E-state index < -0.39 is 43.5 Å². The first kappa shape index (κ1) is 47.2. The zero-order chi connectivity index (χ0) is 39.2. The first-order valence-corrected chi connectivity index (χ1v) is 23.1. The van der Waals surface area contributed by atoms with Crippen LogP contribution in [0, 0.1) is 0 Å². The Morgan fingerprint density at radius 1 is 0.538 bits per heavy atom. The topological polar surface area (TPSA) is 134 Å². The maximum absolute atomic E-state index is 14.2. The Bertz CT molecular complexity index is 1600. The van der Waals surface area contributed by atoms with Crippen molar-refractivity contribution in [2.24, 2.45) is 0 Å². The number of unbranched alkanes of at least 4 members (excludes halogenated alkanes) is 6. The third-order valence-electron chi connectivity index (χ3n) is 7.86. The highest BCUT2D eigenvalue weighted by Gasteiger charge is 2.35. The molecule has 0 bridgehead atoms. The Hall–Kier alpha value is -0.960. The lowest BCUT2D eigenvalue weighted by molar-refractivity contribution is -0.156. The van der Waals surface area contributed by atoms with Gasteiger partial charge in [-0.15, -0.1) is 0 Å². The van der Waals surface area contributed by atoms with Gasteiger partial charge in [0, 0.05) is 48.2 Å². The van der Waals surface area contributed by atoms with Crippen molar-refractivity contribution < 1.29 is 35.9 Å². The summed E-state index contributed by atoms with van der Waals surface area (Å²) >= 11 is 13.3. The number of nitrogens with zero attached hydrogens (tertiary/aromatic N) is 4. The van der Waals surface area contributed by atoms with Gasteiger partial charge >= 0.3 is 11.9 Å². The third kappa shape index (κ3) is 14.3. The van der Waals surface area contributed by atoms with E-state index >= 15 is 0 Å². The molecule has 0 aliphatic rings. The first-order valence-electron chi connectivity index (χ1n) is 17.1. The summed E-state index contributed by atoms with van der Waals surface area (Å²) in [7, 11) is -1.13. The van der Waals surface area contributed by atoms with Crippen LogP contribution in [0.5, 0.6) is 11.5 Å². The predicted molar refractivity (Wildman–Crippen MR) is 218 cm³/mol. The average Bonchev–Trinajstić information content (AvgIpc) is 3.05. The number of ether oxygens (including phenoxy) is 2. The molecule has 0 saturated heterocycles. The molecule has 0 aromatic heterocycles. The number of hydrogen-bond donors (Lipinski definition) is 0. The minimum atomic E-state index is -4.24. The molecule has 2 aromatic carbocycles. The van der Waals surface area contributed by atoms with Crippen LogP contribution in [0.3, 0.4) is 0 Å². The molecule has 2 aromatic rings. The van der Waals surface area contributed by atoms with Crippen LogP contribution in [0.1, 0.15) is 65.2 Å². The van der Waals surface area contributed by atoms with Crippen molar-refractivity contribution in [3.05, 3.63) is 42.2 Å². The summed E-state index contributed by atoms with van der Waals surface area (Å²) in [6.45, 7) is 5.88. The molecule has 0 N–H and O–H groups in total. The van der Waals surface area contributed by atoms with Gasteiger partial charge in [-0.3, -0.25) is 0 Å². The Morgan fingerprint density at radius 2 is 0.885 bits per heavy atom. The molecule has 2 rings (SSSR count). The van der Waals surface area contributed by atoms with E-state index in [1.165, 1.54) is 32.9 Å². The van der Waals surface area contributed by atoms with Gasteiger partial charge in [0.2, 0.25) is 20.0 Å². The van der Waals surface area contributed by atoms with Gasteiger partial charge in [0.15, 0.2) is 11.5 Å². The van der Waals surface area contributed by atoms with Crippen LogP contribution in [0.4, 0.5) is 0 Å². The molecule has 0 heterocycles. The van der Waals surface area contributed by atoms with Gasteiger partial charge in [-0.1, -0.05) is 84.2 Å². The smallest absolute Gasteiger partial charge is 0.415 e. The van der Waals surface area contributed by atoms with E-state index in [4.69, 9.17) is 9.47 Å². The molecule has 0 aliphatic heterocycles. The second-order valence-electron chi connectivity index (χ2n) is 12.7. The Labute approximate surface area is 343 Å². The summed E-state index contributed by atoms with van der Waals surface area (Å²) in [6.07, 6.45) is 6.84. The molecule has 294 valence electrons. The van der Waals surface area contributed by atoms with Crippen LogP contribution in [-0.2, 0) is 29.6 Å². The minimum absolute atomic E-state index is 0.0906. The minimum Gasteiger partial charge on any atom is -0.415 e. The standard InChI is InChI=1S/C34H50Br4N4O8S2/c1-7-9-11-13-15-41(19-17-39(3)4)51(45,46)29-23-25(35)21-27(37)31(29)49-33(43)34(44)50-32-28(38)22-26(36)24-30(32)52(47,48)42(20-18-40(5)6)16-14-12-10-8-2/h21-24H,7-20H2,1-6H3. The van der Waals surface area contributed by atoms with E-state index in [2.05, 4.69) is 77.6 Å². The lowest BCUT2D eigenvalue weighted by Gasteiger charge is -2.25. The molecular weight excluding hydrogens is 976 g/mol. The molecular formula is C34H50Br4N4O8S2. The Kier molecular flexibility index (Phi) is 20.5. The van der Waals surface area contributed by atoms with Crippen LogP contribution in [0.2, 0.25) is 0 Å². The number of sulfonamides is 2. The molecule has 0 amide bonds. The normalized spacial score (nSPS) is 12.3. The second-order valence-corrected chi connectivity index (χ2v) is 20.1. The highest BCUT2D eigenvalue weighted by atomic mass is 79.9. The molecule has 0 radical (unpaired) electrons. The van der Waals surface area contributed by atoms with E-state index in [1.807, 2.05) is 38.0 Å². The number of esters is 2. The van der Waals surface area contributed by atoms with Crippen molar-refractivity contribution in [2.45, 2.75) is 75.0 Å². The molecule has 0 unspecified atom stereocenters. The van der Waals surface area contributed by atoms with Gasteiger partial charge in [-0.2, -0.15) is 8.61 Å². The fourth-order valence-corrected chi connectivity index (χ4v) is 11.4. The largest absolute Gasteiger partial charge is 0.423 e. The first-order chi connectivity index (χ1) is 24.4. The molecule has 0 atom stereocenters. The van der Waals surface area contributed by atoms with Crippen molar-refractivity contribution in [1.29, 1.82) is 0 Å². The molecule has 12 nitrogen and oxygen atoms in total. The van der Waals surface area contributed by atoms with E-state index in [9.17, 15) is 26.4 Å². The van der Waals surface area contributed by atoms with E-state index in [-0.39, 0.29) is 44.9 Å². The van der Waals surface area contributed by atoms with Crippen LogP contribution < -0.4 is 9.47 Å². The Morgan fingerprint density at radius 3 is 1.19 bits per heavy atom. The van der Waals surface area contributed by atoms with Crippen LogP contribution in [0.15, 0.2) is 51.9 Å². The van der Waals surface area contributed by atoms with Gasteiger partial charge in [0.25, 0.3) is 0 Å². The number of carbonyl (C=O) groups is 2. The maximum atomic E-state index is 14.2. The van der Waals surface area contributed by atoms with Crippen molar-refractivity contribution in [1.82, 2.24) is 18.4 Å². The quantitative estimate of drug-likeness (QED) is 0.0505. The summed E-state index contributed by atoms with van der Waals surface area (Å²) < 4.78 is 71.2. The van der Waals surface area contributed by atoms with Crippen molar-refractivity contribution >= 4 is 95.7 Å². The number of likely N-dealkylation sites (N-methyl/N-ethyl adjacent to an activating group) is 2. The van der Waals surface area contributed by atoms with Gasteiger partial charge in [-0.05, 0) is 97.2 Å². The molecule has 18 heteroatoms. The van der Waals surface area contributed by atoms with E-state index in [1.54, 1.807) is 0 Å². The number of carbonyl (C=O) groups excluding carboxylic acids is 2. The highest BCUT2D eigenvalue weighted by Crippen LogP contribution is 2.39. The predicted octanol–water partition coefficient (Wildman–Crippen LogP) is 7.51. The lowest BCUT2D eigenvalue weighted by atomic mass is 10.2. The van der Waals surface area contributed by atoms with E-state index in [0.717, 1.165) is 38.5 Å². The summed E-state index contributed by atoms with van der Waals surface area (Å²) in [5.74, 6) is -3.91. The molecule has 0 fully saturated rings. The molecule has 52 heavy (non-hydrogen) atoms.